The van der Waals surface area contributed by atoms with Gasteiger partial charge in [0.15, 0.2) is 0 Å². The van der Waals surface area contributed by atoms with Crippen LogP contribution in [0.4, 0.5) is 5.69 Å². The fourth-order valence-electron chi connectivity index (χ4n) is 2.79. The van der Waals surface area contributed by atoms with E-state index in [1.54, 1.807) is 17.5 Å². The monoisotopic (exact) mass is 457 g/mol. The third kappa shape index (κ3) is 4.52. The number of nitrogens with one attached hydrogen (secondary N) is 1. The SMILES string of the molecule is Cc1cc(NC(=O)CN2CCN(S(=O)(=O)c3cccs3)CC2)ccc1Br. The molecular formula is C17H20BrN3O3S2. The van der Waals surface area contributed by atoms with Crippen molar-refractivity contribution in [2.75, 3.05) is 38.0 Å². The number of piperazine rings is 1. The minimum Gasteiger partial charge on any atom is -0.325 e. The minimum atomic E-state index is -3.41. The molecular weight excluding hydrogens is 438 g/mol. The zero-order valence-corrected chi connectivity index (χ0v) is 17.5. The Bertz CT molecular complexity index is 877. The van der Waals surface area contributed by atoms with Crippen LogP contribution in [0.25, 0.3) is 0 Å². The molecule has 2 heterocycles. The second-order valence-corrected chi connectivity index (χ2v) is 10.1. The van der Waals surface area contributed by atoms with E-state index < -0.39 is 10.0 Å². The Balaban J connectivity index is 1.52. The van der Waals surface area contributed by atoms with E-state index in [1.807, 2.05) is 30.0 Å². The van der Waals surface area contributed by atoms with Crippen LogP contribution in [0.1, 0.15) is 5.56 Å². The fourth-order valence-corrected chi connectivity index (χ4v) is 5.60. The number of rotatable bonds is 5. The van der Waals surface area contributed by atoms with E-state index in [1.165, 1.54) is 15.6 Å². The highest BCUT2D eigenvalue weighted by molar-refractivity contribution is 9.10. The largest absolute Gasteiger partial charge is 0.325 e. The van der Waals surface area contributed by atoms with Crippen LogP contribution in [0.5, 0.6) is 0 Å². The lowest BCUT2D eigenvalue weighted by Crippen LogP contribution is -2.50. The second kappa shape index (κ2) is 8.18. The van der Waals surface area contributed by atoms with Gasteiger partial charge in [0.2, 0.25) is 5.91 Å². The van der Waals surface area contributed by atoms with Crippen molar-refractivity contribution in [2.45, 2.75) is 11.1 Å². The number of thiophene rings is 1. The highest BCUT2D eigenvalue weighted by Gasteiger charge is 2.29. The Morgan fingerprint density at radius 3 is 2.58 bits per heavy atom. The number of anilines is 1. The molecule has 1 fully saturated rings. The van der Waals surface area contributed by atoms with E-state index in [-0.39, 0.29) is 12.5 Å². The number of carbonyl (C=O) groups is 1. The molecule has 0 unspecified atom stereocenters. The molecule has 3 rings (SSSR count). The number of benzene rings is 1. The summed E-state index contributed by atoms with van der Waals surface area (Å²) >= 11 is 4.66. The summed E-state index contributed by atoms with van der Waals surface area (Å²) in [5.41, 5.74) is 1.81. The first kappa shape index (κ1) is 19.5. The van der Waals surface area contributed by atoms with Gasteiger partial charge in [0, 0.05) is 36.3 Å². The van der Waals surface area contributed by atoms with Crippen LogP contribution in [0.3, 0.4) is 0 Å². The van der Waals surface area contributed by atoms with Crippen LogP contribution in [0.2, 0.25) is 0 Å². The lowest BCUT2D eigenvalue weighted by Gasteiger charge is -2.33. The van der Waals surface area contributed by atoms with Crippen molar-refractivity contribution in [3.05, 3.63) is 45.7 Å². The number of sulfonamides is 1. The van der Waals surface area contributed by atoms with E-state index in [0.29, 0.717) is 30.4 Å². The molecule has 0 spiro atoms. The molecule has 1 amide bonds. The number of halogens is 1. The van der Waals surface area contributed by atoms with Crippen LogP contribution < -0.4 is 5.32 Å². The predicted octanol–water partition coefficient (Wildman–Crippen LogP) is 2.76. The molecule has 0 radical (unpaired) electrons. The zero-order valence-electron chi connectivity index (χ0n) is 14.3. The highest BCUT2D eigenvalue weighted by atomic mass is 79.9. The zero-order chi connectivity index (χ0) is 18.7. The summed E-state index contributed by atoms with van der Waals surface area (Å²) < 4.78 is 27.9. The van der Waals surface area contributed by atoms with Crippen LogP contribution >= 0.6 is 27.3 Å². The summed E-state index contributed by atoms with van der Waals surface area (Å²) in [5.74, 6) is -0.0960. The van der Waals surface area contributed by atoms with Gasteiger partial charge < -0.3 is 5.32 Å². The van der Waals surface area contributed by atoms with Gasteiger partial charge in [0.1, 0.15) is 4.21 Å². The van der Waals surface area contributed by atoms with Crippen LogP contribution in [-0.4, -0.2) is 56.3 Å². The fraction of sp³-hybridized carbons (Fsp3) is 0.353. The number of aryl methyl sites for hydroxylation is 1. The number of carbonyl (C=O) groups excluding carboxylic acids is 1. The molecule has 140 valence electrons. The maximum atomic E-state index is 12.5. The van der Waals surface area contributed by atoms with Crippen LogP contribution in [0, 0.1) is 6.92 Å². The summed E-state index contributed by atoms with van der Waals surface area (Å²) in [6.45, 7) is 4.08. The standard InChI is InChI=1S/C17H20BrN3O3S2/c1-13-11-14(4-5-15(13)18)19-16(22)12-20-6-8-21(9-7-20)26(23,24)17-3-2-10-25-17/h2-5,10-11H,6-9,12H2,1H3,(H,19,22). The van der Waals surface area contributed by atoms with Gasteiger partial charge in [0.25, 0.3) is 10.0 Å². The van der Waals surface area contributed by atoms with Crippen molar-refractivity contribution >= 4 is 48.9 Å². The van der Waals surface area contributed by atoms with Crippen molar-refractivity contribution in [3.63, 3.8) is 0 Å². The molecule has 1 aliphatic heterocycles. The Hall–Kier alpha value is -1.26. The number of nitrogens with zero attached hydrogens (tertiary/aromatic N) is 2. The molecule has 0 atom stereocenters. The summed E-state index contributed by atoms with van der Waals surface area (Å²) in [6, 6.07) is 9.02. The summed E-state index contributed by atoms with van der Waals surface area (Å²) in [4.78, 5) is 14.2. The summed E-state index contributed by atoms with van der Waals surface area (Å²) in [7, 11) is -3.41. The van der Waals surface area contributed by atoms with Crippen molar-refractivity contribution < 1.29 is 13.2 Å². The maximum absolute atomic E-state index is 12.5. The number of amides is 1. The van der Waals surface area contributed by atoms with E-state index in [4.69, 9.17) is 0 Å². The lowest BCUT2D eigenvalue weighted by molar-refractivity contribution is -0.117. The van der Waals surface area contributed by atoms with Gasteiger partial charge in [-0.25, -0.2) is 8.42 Å². The normalized spacial score (nSPS) is 16.5. The van der Waals surface area contributed by atoms with Gasteiger partial charge in [0.05, 0.1) is 6.54 Å². The molecule has 9 heteroatoms. The number of hydrogen-bond acceptors (Lipinski definition) is 5. The van der Waals surface area contributed by atoms with Crippen molar-refractivity contribution in [1.29, 1.82) is 0 Å². The Kier molecular flexibility index (Phi) is 6.13. The van der Waals surface area contributed by atoms with E-state index in [0.717, 1.165) is 15.7 Å². The molecule has 1 aliphatic rings. The molecule has 0 saturated carbocycles. The minimum absolute atomic E-state index is 0.0960. The van der Waals surface area contributed by atoms with Gasteiger partial charge in [-0.3, -0.25) is 9.69 Å². The third-order valence-corrected chi connectivity index (χ3v) is 8.39. The maximum Gasteiger partial charge on any atom is 0.252 e. The molecule has 0 bridgehead atoms. The first-order valence-corrected chi connectivity index (χ1v) is 11.3. The molecule has 2 aromatic rings. The Morgan fingerprint density at radius 1 is 1.23 bits per heavy atom. The first-order valence-electron chi connectivity index (χ1n) is 8.18. The van der Waals surface area contributed by atoms with Crippen LogP contribution in [0.15, 0.2) is 44.4 Å². The van der Waals surface area contributed by atoms with Crippen molar-refractivity contribution in [1.82, 2.24) is 9.21 Å². The topological polar surface area (TPSA) is 69.7 Å². The lowest BCUT2D eigenvalue weighted by atomic mass is 10.2. The molecule has 1 aromatic heterocycles. The number of hydrogen-bond donors (Lipinski definition) is 1. The van der Waals surface area contributed by atoms with Crippen LogP contribution in [-0.2, 0) is 14.8 Å². The first-order chi connectivity index (χ1) is 12.4. The van der Waals surface area contributed by atoms with Gasteiger partial charge >= 0.3 is 0 Å². The average Bonchev–Trinajstić information content (AvgIpc) is 3.14. The second-order valence-electron chi connectivity index (χ2n) is 6.12. The molecule has 1 saturated heterocycles. The van der Waals surface area contributed by atoms with Gasteiger partial charge in [-0.2, -0.15) is 4.31 Å². The third-order valence-electron chi connectivity index (χ3n) is 4.23. The van der Waals surface area contributed by atoms with Gasteiger partial charge in [-0.1, -0.05) is 22.0 Å². The van der Waals surface area contributed by atoms with Crippen molar-refractivity contribution in [3.8, 4) is 0 Å². The molecule has 6 nitrogen and oxygen atoms in total. The van der Waals surface area contributed by atoms with Crippen molar-refractivity contribution in [2.24, 2.45) is 0 Å². The molecule has 1 aromatic carbocycles. The predicted molar refractivity (Wildman–Crippen MR) is 107 cm³/mol. The Morgan fingerprint density at radius 2 is 1.96 bits per heavy atom. The quantitative estimate of drug-likeness (QED) is 0.748. The average molecular weight is 458 g/mol. The highest BCUT2D eigenvalue weighted by Crippen LogP contribution is 2.22. The molecule has 0 aliphatic carbocycles. The van der Waals surface area contributed by atoms with E-state index in [2.05, 4.69) is 21.2 Å². The van der Waals surface area contributed by atoms with E-state index >= 15 is 0 Å². The molecule has 26 heavy (non-hydrogen) atoms. The Labute approximate surface area is 166 Å². The summed E-state index contributed by atoms with van der Waals surface area (Å²) in [5, 5.41) is 4.65. The summed E-state index contributed by atoms with van der Waals surface area (Å²) in [6.07, 6.45) is 0. The molecule has 1 N–H and O–H groups in total. The van der Waals surface area contributed by atoms with E-state index in [9.17, 15) is 13.2 Å². The van der Waals surface area contributed by atoms with Gasteiger partial charge in [-0.15, -0.1) is 11.3 Å². The smallest absolute Gasteiger partial charge is 0.252 e. The van der Waals surface area contributed by atoms with Gasteiger partial charge in [-0.05, 0) is 42.1 Å².